The van der Waals surface area contributed by atoms with Crippen molar-refractivity contribution in [1.82, 2.24) is 9.80 Å². The van der Waals surface area contributed by atoms with Gasteiger partial charge in [0.25, 0.3) is 21.8 Å². The van der Waals surface area contributed by atoms with Crippen molar-refractivity contribution in [2.45, 2.75) is 43.0 Å². The molecule has 0 aromatic heterocycles. The maximum atomic E-state index is 12.9. The molecule has 5 rings (SSSR count). The van der Waals surface area contributed by atoms with E-state index in [0.29, 0.717) is 69.6 Å². The molecule has 3 aliphatic carbocycles. The summed E-state index contributed by atoms with van der Waals surface area (Å²) in [5, 5.41) is 9.69. The van der Waals surface area contributed by atoms with E-state index in [2.05, 4.69) is 4.40 Å². The van der Waals surface area contributed by atoms with Gasteiger partial charge in [0.15, 0.2) is 0 Å². The fraction of sp³-hybridized carbons (Fsp3) is 0.458. The molecule has 174 valence electrons. The first kappa shape index (κ1) is 22.0. The van der Waals surface area contributed by atoms with Crippen molar-refractivity contribution in [3.8, 4) is 0 Å². The Bertz CT molecular complexity index is 1170. The van der Waals surface area contributed by atoms with E-state index in [-0.39, 0.29) is 17.1 Å². The zero-order valence-electron chi connectivity index (χ0n) is 18.3. The van der Waals surface area contributed by atoms with Gasteiger partial charge in [-0.25, -0.2) is 8.42 Å². The maximum absolute atomic E-state index is 12.9. The van der Waals surface area contributed by atoms with Crippen molar-refractivity contribution >= 4 is 33.1 Å². The van der Waals surface area contributed by atoms with Crippen LogP contribution in [0.4, 0.5) is 0 Å². The molecule has 8 nitrogen and oxygen atoms in total. The molecule has 2 amide bonds. The van der Waals surface area contributed by atoms with Crippen LogP contribution in [0.2, 0.25) is 0 Å². The highest BCUT2D eigenvalue weighted by Crippen LogP contribution is 2.37. The second-order valence-electron chi connectivity index (χ2n) is 9.22. The van der Waals surface area contributed by atoms with Crippen LogP contribution < -0.4 is 0 Å². The first-order valence-electron chi connectivity index (χ1n) is 11.4. The molecule has 1 heterocycles. The van der Waals surface area contributed by atoms with Gasteiger partial charge < -0.3 is 14.9 Å². The van der Waals surface area contributed by atoms with E-state index in [1.165, 1.54) is 0 Å². The molecule has 2 saturated carbocycles. The standard InChI is InChI=1S/C24H27N3O5S/c28-22(26-12-14-27(15-13-26)23(29)24(30)10-11-24)18-6-4-17(5-7-18)19-2-1-3-20(16-19)25-33(31,32)21-8-9-21/h1-7,21,30H,8-16H2. The van der Waals surface area contributed by atoms with Crippen molar-refractivity contribution in [1.29, 1.82) is 0 Å². The Balaban J connectivity index is 1.20. The molecule has 1 aromatic rings. The number of nitrogens with zero attached hydrogens (tertiary/aromatic N) is 3. The Morgan fingerprint density at radius 3 is 2.24 bits per heavy atom. The van der Waals surface area contributed by atoms with E-state index in [9.17, 15) is 23.1 Å². The molecule has 0 unspecified atom stereocenters. The van der Waals surface area contributed by atoms with Crippen LogP contribution in [0.1, 0.15) is 48.0 Å². The quantitative estimate of drug-likeness (QED) is 0.707. The van der Waals surface area contributed by atoms with E-state index < -0.39 is 15.6 Å². The zero-order valence-corrected chi connectivity index (χ0v) is 19.1. The van der Waals surface area contributed by atoms with Crippen molar-refractivity contribution < 1.29 is 23.1 Å². The van der Waals surface area contributed by atoms with Crippen molar-refractivity contribution in [2.24, 2.45) is 4.40 Å². The van der Waals surface area contributed by atoms with E-state index in [4.69, 9.17) is 0 Å². The largest absolute Gasteiger partial charge is 0.380 e. The Hall–Kier alpha value is -2.78. The summed E-state index contributed by atoms with van der Waals surface area (Å²) in [5.74, 6) is -0.310. The molecule has 1 saturated heterocycles. The molecular formula is C24H27N3O5S. The van der Waals surface area contributed by atoms with Gasteiger partial charge in [-0.15, -0.1) is 0 Å². The van der Waals surface area contributed by atoms with E-state index >= 15 is 0 Å². The molecule has 0 spiro atoms. The highest BCUT2D eigenvalue weighted by molar-refractivity contribution is 7.91. The van der Waals surface area contributed by atoms with Crippen LogP contribution in [-0.4, -0.2) is 77.9 Å². The number of amides is 2. The second-order valence-corrected chi connectivity index (χ2v) is 11.1. The minimum Gasteiger partial charge on any atom is -0.380 e. The molecule has 3 fully saturated rings. The van der Waals surface area contributed by atoms with Crippen LogP contribution in [0, 0.1) is 0 Å². The molecule has 4 aliphatic rings. The molecule has 1 aliphatic heterocycles. The number of hydrogen-bond donors (Lipinski definition) is 1. The SMILES string of the molecule is O=C(c1ccc(C2=CC=CC(=NS(=O)(=O)C3CC3)C2)cc1)N1CCN(C(=O)C2(O)CC2)CC1. The van der Waals surface area contributed by atoms with Crippen molar-refractivity contribution in [3.63, 3.8) is 0 Å². The Morgan fingerprint density at radius 2 is 1.64 bits per heavy atom. The number of sulfonamides is 1. The smallest absolute Gasteiger partial charge is 0.256 e. The molecular weight excluding hydrogens is 442 g/mol. The van der Waals surface area contributed by atoms with Gasteiger partial charge in [0, 0.05) is 38.2 Å². The first-order valence-corrected chi connectivity index (χ1v) is 12.9. The van der Waals surface area contributed by atoms with Crippen LogP contribution in [-0.2, 0) is 14.8 Å². The molecule has 0 atom stereocenters. The average Bonchev–Trinajstić information content (AvgIpc) is 3.75. The summed E-state index contributed by atoms with van der Waals surface area (Å²) in [5.41, 5.74) is 1.80. The van der Waals surface area contributed by atoms with Crippen LogP contribution in [0.3, 0.4) is 0 Å². The van der Waals surface area contributed by atoms with Crippen LogP contribution in [0.5, 0.6) is 0 Å². The van der Waals surface area contributed by atoms with Gasteiger partial charge in [0.1, 0.15) is 5.60 Å². The third-order valence-corrected chi connectivity index (χ3v) is 8.43. The Labute approximate surface area is 193 Å². The van der Waals surface area contributed by atoms with E-state index in [1.807, 2.05) is 18.2 Å². The molecule has 1 aromatic carbocycles. The van der Waals surface area contributed by atoms with E-state index in [0.717, 1.165) is 11.1 Å². The van der Waals surface area contributed by atoms with Crippen molar-refractivity contribution in [2.75, 3.05) is 26.2 Å². The number of benzene rings is 1. The van der Waals surface area contributed by atoms with Gasteiger partial charge in [-0.3, -0.25) is 9.59 Å². The number of aliphatic hydroxyl groups is 1. The summed E-state index contributed by atoms with van der Waals surface area (Å²) in [6.07, 6.45) is 8.32. The predicted molar refractivity (Wildman–Crippen MR) is 124 cm³/mol. The van der Waals surface area contributed by atoms with Gasteiger partial charge >= 0.3 is 0 Å². The van der Waals surface area contributed by atoms with Crippen LogP contribution in [0.25, 0.3) is 5.57 Å². The first-order chi connectivity index (χ1) is 15.7. The highest BCUT2D eigenvalue weighted by atomic mass is 32.2. The molecule has 1 N–H and O–H groups in total. The Kier molecular flexibility index (Phi) is 5.49. The lowest BCUT2D eigenvalue weighted by molar-refractivity contribution is -0.143. The van der Waals surface area contributed by atoms with Gasteiger partial charge in [-0.1, -0.05) is 24.3 Å². The van der Waals surface area contributed by atoms with Gasteiger partial charge in [-0.05, 0) is 55.0 Å². The van der Waals surface area contributed by atoms with Gasteiger partial charge in [0.05, 0.1) is 11.0 Å². The zero-order chi connectivity index (χ0) is 23.2. The summed E-state index contributed by atoms with van der Waals surface area (Å²) >= 11 is 0. The summed E-state index contributed by atoms with van der Waals surface area (Å²) < 4.78 is 28.3. The van der Waals surface area contributed by atoms with Gasteiger partial charge in [-0.2, -0.15) is 4.40 Å². The summed E-state index contributed by atoms with van der Waals surface area (Å²) in [6, 6.07) is 7.29. The normalized spacial score (nSPS) is 23.4. The highest BCUT2D eigenvalue weighted by Gasteiger charge is 2.50. The number of allylic oxidation sites excluding steroid dienone is 4. The molecule has 0 radical (unpaired) electrons. The summed E-state index contributed by atoms with van der Waals surface area (Å²) in [6.45, 7) is 1.73. The predicted octanol–water partition coefficient (Wildman–Crippen LogP) is 1.77. The fourth-order valence-electron chi connectivity index (χ4n) is 4.20. The maximum Gasteiger partial charge on any atom is 0.256 e. The lowest BCUT2D eigenvalue weighted by atomic mass is 9.95. The monoisotopic (exact) mass is 469 g/mol. The van der Waals surface area contributed by atoms with Crippen molar-refractivity contribution in [3.05, 3.63) is 53.6 Å². The molecule has 33 heavy (non-hydrogen) atoms. The van der Waals surface area contributed by atoms with Gasteiger partial charge in [0.2, 0.25) is 0 Å². The van der Waals surface area contributed by atoms with Crippen LogP contribution in [0.15, 0.2) is 46.9 Å². The average molecular weight is 470 g/mol. The number of carbonyl (C=O) groups is 2. The third-order valence-electron chi connectivity index (χ3n) is 6.63. The summed E-state index contributed by atoms with van der Waals surface area (Å²) in [4.78, 5) is 28.6. The lowest BCUT2D eigenvalue weighted by Crippen LogP contribution is -2.53. The Morgan fingerprint density at radius 1 is 1.00 bits per heavy atom. The molecule has 0 bridgehead atoms. The topological polar surface area (TPSA) is 107 Å². The number of rotatable bonds is 5. The third kappa shape index (κ3) is 4.65. The lowest BCUT2D eigenvalue weighted by Gasteiger charge is -2.35. The summed E-state index contributed by atoms with van der Waals surface area (Å²) in [7, 11) is -3.42. The molecule has 9 heteroatoms. The second kappa shape index (κ2) is 8.22. The number of hydrogen-bond acceptors (Lipinski definition) is 5. The minimum absolute atomic E-state index is 0.0888. The number of carbonyl (C=O) groups excluding carboxylic acids is 2. The minimum atomic E-state index is -3.42. The number of piperazine rings is 1. The van der Waals surface area contributed by atoms with Crippen LogP contribution >= 0.6 is 0 Å². The fourth-order valence-corrected chi connectivity index (χ4v) is 5.54. The van der Waals surface area contributed by atoms with E-state index in [1.54, 1.807) is 34.1 Å².